The van der Waals surface area contributed by atoms with Crippen LogP contribution in [0.5, 0.6) is 0 Å². The maximum atomic E-state index is 12.0. The molecule has 106 valence electrons. The molecule has 0 spiro atoms. The molecular formula is C13H24ClNO3. The summed E-state index contributed by atoms with van der Waals surface area (Å²) >= 11 is 0. The summed E-state index contributed by atoms with van der Waals surface area (Å²) < 4.78 is 10.9. The fourth-order valence-corrected chi connectivity index (χ4v) is 2.74. The zero-order valence-corrected chi connectivity index (χ0v) is 11.8. The molecule has 1 aliphatic heterocycles. The zero-order valence-electron chi connectivity index (χ0n) is 11.0. The number of carbonyl (C=O) groups is 1. The molecule has 0 aromatic rings. The van der Waals surface area contributed by atoms with E-state index in [-0.39, 0.29) is 36.5 Å². The number of carbonyl (C=O) groups excluding carboxylic acids is 1. The molecule has 1 N–H and O–H groups in total. The van der Waals surface area contributed by atoms with Gasteiger partial charge in [-0.05, 0) is 38.6 Å². The van der Waals surface area contributed by atoms with E-state index in [2.05, 4.69) is 5.32 Å². The summed E-state index contributed by atoms with van der Waals surface area (Å²) in [6, 6.07) is 0. The highest BCUT2D eigenvalue weighted by molar-refractivity contribution is 5.85. The smallest absolute Gasteiger partial charge is 0.310 e. The molecule has 2 aliphatic rings. The van der Waals surface area contributed by atoms with Crippen molar-refractivity contribution in [3.05, 3.63) is 0 Å². The largest absolute Gasteiger partial charge is 0.462 e. The number of esters is 1. The predicted molar refractivity (Wildman–Crippen MR) is 72.0 cm³/mol. The molecule has 0 radical (unpaired) electrons. The van der Waals surface area contributed by atoms with Gasteiger partial charge in [0.2, 0.25) is 0 Å². The standard InChI is InChI=1S/C13H23NO3.ClH/c1-16-11-5-2-6-12(8-11)17-13(15)10-4-3-7-14-9-10;/h10-12,14H,2-9H2,1H3;1H. The first-order chi connectivity index (χ1) is 8.29. The molecule has 1 aliphatic carbocycles. The van der Waals surface area contributed by atoms with Gasteiger partial charge in [0, 0.05) is 20.1 Å². The van der Waals surface area contributed by atoms with E-state index in [0.29, 0.717) is 0 Å². The van der Waals surface area contributed by atoms with Gasteiger partial charge in [0.25, 0.3) is 0 Å². The summed E-state index contributed by atoms with van der Waals surface area (Å²) in [5.41, 5.74) is 0. The lowest BCUT2D eigenvalue weighted by molar-refractivity contribution is -0.158. The first-order valence-corrected chi connectivity index (χ1v) is 6.73. The van der Waals surface area contributed by atoms with E-state index in [0.717, 1.165) is 51.6 Å². The molecule has 0 amide bonds. The Bertz CT molecular complexity index is 257. The maximum absolute atomic E-state index is 12.0. The second kappa shape index (κ2) is 7.97. The molecule has 0 aromatic carbocycles. The third-order valence-corrected chi connectivity index (χ3v) is 3.82. The molecular weight excluding hydrogens is 254 g/mol. The van der Waals surface area contributed by atoms with Gasteiger partial charge in [0.15, 0.2) is 0 Å². The third-order valence-electron chi connectivity index (χ3n) is 3.82. The van der Waals surface area contributed by atoms with Gasteiger partial charge in [-0.3, -0.25) is 4.79 Å². The summed E-state index contributed by atoms with van der Waals surface area (Å²) in [6.45, 7) is 1.80. The van der Waals surface area contributed by atoms with Gasteiger partial charge in [-0.1, -0.05) is 0 Å². The molecule has 5 heteroatoms. The van der Waals surface area contributed by atoms with E-state index in [1.807, 2.05) is 0 Å². The van der Waals surface area contributed by atoms with E-state index in [1.54, 1.807) is 7.11 Å². The van der Waals surface area contributed by atoms with E-state index in [1.165, 1.54) is 0 Å². The quantitative estimate of drug-likeness (QED) is 0.801. The Morgan fingerprint density at radius 2 is 1.94 bits per heavy atom. The van der Waals surface area contributed by atoms with E-state index < -0.39 is 0 Å². The number of halogens is 1. The Kier molecular flexibility index (Phi) is 6.97. The Labute approximate surface area is 115 Å². The van der Waals surface area contributed by atoms with Gasteiger partial charge in [-0.25, -0.2) is 0 Å². The summed E-state index contributed by atoms with van der Waals surface area (Å²) in [4.78, 5) is 12.0. The Hall–Kier alpha value is -0.320. The summed E-state index contributed by atoms with van der Waals surface area (Å²) in [5.74, 6) is 0.0469. The highest BCUT2D eigenvalue weighted by atomic mass is 35.5. The highest BCUT2D eigenvalue weighted by Crippen LogP contribution is 2.24. The zero-order chi connectivity index (χ0) is 12.1. The first kappa shape index (κ1) is 15.7. The van der Waals surface area contributed by atoms with Crippen molar-refractivity contribution in [3.8, 4) is 0 Å². The van der Waals surface area contributed by atoms with Crippen molar-refractivity contribution in [2.75, 3.05) is 20.2 Å². The van der Waals surface area contributed by atoms with E-state index in [4.69, 9.17) is 9.47 Å². The summed E-state index contributed by atoms with van der Waals surface area (Å²) in [5, 5.41) is 3.25. The minimum Gasteiger partial charge on any atom is -0.462 e. The number of hydrogen-bond acceptors (Lipinski definition) is 4. The maximum Gasteiger partial charge on any atom is 0.310 e. The van der Waals surface area contributed by atoms with Gasteiger partial charge in [0.05, 0.1) is 12.0 Å². The van der Waals surface area contributed by atoms with E-state index >= 15 is 0 Å². The monoisotopic (exact) mass is 277 g/mol. The molecule has 1 saturated heterocycles. The van der Waals surface area contributed by atoms with Gasteiger partial charge in [0.1, 0.15) is 6.10 Å². The molecule has 3 atom stereocenters. The average molecular weight is 278 g/mol. The van der Waals surface area contributed by atoms with Crippen LogP contribution in [0.3, 0.4) is 0 Å². The third kappa shape index (κ3) is 4.41. The van der Waals surface area contributed by atoms with Crippen LogP contribution in [0.2, 0.25) is 0 Å². The number of nitrogens with one attached hydrogen (secondary N) is 1. The minimum absolute atomic E-state index is 0. The molecule has 18 heavy (non-hydrogen) atoms. The predicted octanol–water partition coefficient (Wildman–Crippen LogP) is 1.91. The molecule has 2 rings (SSSR count). The second-order valence-corrected chi connectivity index (χ2v) is 5.13. The summed E-state index contributed by atoms with van der Waals surface area (Å²) in [7, 11) is 1.74. The van der Waals surface area contributed by atoms with Crippen LogP contribution in [0.4, 0.5) is 0 Å². The molecule has 1 heterocycles. The molecule has 4 nitrogen and oxygen atoms in total. The first-order valence-electron chi connectivity index (χ1n) is 6.73. The van der Waals surface area contributed by atoms with Gasteiger partial charge in [-0.15, -0.1) is 12.4 Å². The lowest BCUT2D eigenvalue weighted by Gasteiger charge is -2.30. The second-order valence-electron chi connectivity index (χ2n) is 5.13. The Morgan fingerprint density at radius 3 is 2.61 bits per heavy atom. The lowest BCUT2D eigenvalue weighted by Crippen LogP contribution is -2.38. The van der Waals surface area contributed by atoms with Crippen molar-refractivity contribution >= 4 is 18.4 Å². The van der Waals surface area contributed by atoms with Crippen LogP contribution < -0.4 is 5.32 Å². The number of methoxy groups -OCH3 is 1. The minimum atomic E-state index is -0.0149. The van der Waals surface area contributed by atoms with Gasteiger partial charge >= 0.3 is 5.97 Å². The normalized spacial score (nSPS) is 32.4. The van der Waals surface area contributed by atoms with Gasteiger partial charge < -0.3 is 14.8 Å². The molecule has 2 fully saturated rings. The SMILES string of the molecule is COC1CCCC(OC(=O)C2CCCNC2)C1.Cl. The van der Waals surface area contributed by atoms with Crippen molar-refractivity contribution in [2.24, 2.45) is 5.92 Å². The number of rotatable bonds is 3. The molecule has 1 saturated carbocycles. The molecule has 3 unspecified atom stereocenters. The summed E-state index contributed by atoms with van der Waals surface area (Å²) in [6.07, 6.45) is 6.43. The van der Waals surface area contributed by atoms with Crippen molar-refractivity contribution in [1.82, 2.24) is 5.32 Å². The van der Waals surface area contributed by atoms with Gasteiger partial charge in [-0.2, -0.15) is 0 Å². The fraction of sp³-hybridized carbons (Fsp3) is 0.923. The number of hydrogen-bond donors (Lipinski definition) is 1. The topological polar surface area (TPSA) is 47.6 Å². The van der Waals surface area contributed by atoms with Crippen LogP contribution in [-0.4, -0.2) is 38.4 Å². The van der Waals surface area contributed by atoms with Crippen LogP contribution >= 0.6 is 12.4 Å². The van der Waals surface area contributed by atoms with Crippen molar-refractivity contribution in [3.63, 3.8) is 0 Å². The van der Waals surface area contributed by atoms with Crippen LogP contribution in [0.15, 0.2) is 0 Å². The van der Waals surface area contributed by atoms with Crippen molar-refractivity contribution in [2.45, 2.75) is 50.7 Å². The Balaban J connectivity index is 0.00000162. The highest BCUT2D eigenvalue weighted by Gasteiger charge is 2.28. The van der Waals surface area contributed by atoms with Crippen LogP contribution in [0.25, 0.3) is 0 Å². The van der Waals surface area contributed by atoms with Crippen LogP contribution in [0.1, 0.15) is 38.5 Å². The van der Waals surface area contributed by atoms with Crippen LogP contribution in [0, 0.1) is 5.92 Å². The average Bonchev–Trinajstić information content (AvgIpc) is 2.40. The molecule has 0 bridgehead atoms. The van der Waals surface area contributed by atoms with Crippen LogP contribution in [-0.2, 0) is 14.3 Å². The lowest BCUT2D eigenvalue weighted by atomic mass is 9.94. The van der Waals surface area contributed by atoms with Crippen molar-refractivity contribution < 1.29 is 14.3 Å². The fourth-order valence-electron chi connectivity index (χ4n) is 2.74. The van der Waals surface area contributed by atoms with Crippen molar-refractivity contribution in [1.29, 1.82) is 0 Å². The molecule has 0 aromatic heterocycles. The Morgan fingerprint density at radius 1 is 1.17 bits per heavy atom. The number of ether oxygens (including phenoxy) is 2. The number of piperidine rings is 1. The van der Waals surface area contributed by atoms with E-state index in [9.17, 15) is 4.79 Å².